The zero-order chi connectivity index (χ0) is 16.5. The maximum atomic E-state index is 12.1. The predicted molar refractivity (Wildman–Crippen MR) is 77.1 cm³/mol. The number of carboxylic acids is 1. The van der Waals surface area contributed by atoms with Gasteiger partial charge in [0.15, 0.2) is 6.29 Å². The van der Waals surface area contributed by atoms with Crippen LogP contribution in [0.25, 0.3) is 0 Å². The number of hydrogen-bond donors (Lipinski definition) is 1. The lowest BCUT2D eigenvalue weighted by Crippen LogP contribution is -2.43. The summed E-state index contributed by atoms with van der Waals surface area (Å²) in [5.41, 5.74) is -0.648. The van der Waals surface area contributed by atoms with Gasteiger partial charge in [0.25, 0.3) is 0 Å². The van der Waals surface area contributed by atoms with Crippen molar-refractivity contribution in [1.82, 2.24) is 4.90 Å². The Labute approximate surface area is 126 Å². The molecule has 7 heteroatoms. The van der Waals surface area contributed by atoms with E-state index in [0.717, 1.165) is 0 Å². The molecule has 0 bridgehead atoms. The van der Waals surface area contributed by atoms with Gasteiger partial charge in [-0.05, 0) is 34.6 Å². The Balaban J connectivity index is 4.76. The number of carboxylic acid groups (broad SMARTS) is 1. The van der Waals surface area contributed by atoms with Gasteiger partial charge < -0.3 is 24.2 Å². The topological polar surface area (TPSA) is 85.3 Å². The van der Waals surface area contributed by atoms with E-state index in [0.29, 0.717) is 13.2 Å². The van der Waals surface area contributed by atoms with E-state index in [9.17, 15) is 9.59 Å². The Morgan fingerprint density at radius 1 is 1.14 bits per heavy atom. The normalized spacial score (nSPS) is 11.5. The molecular formula is C14H27NO6. The number of amides is 1. The van der Waals surface area contributed by atoms with Gasteiger partial charge in [-0.15, -0.1) is 0 Å². The van der Waals surface area contributed by atoms with E-state index in [1.165, 1.54) is 4.90 Å². The summed E-state index contributed by atoms with van der Waals surface area (Å²) in [7, 11) is 0. The van der Waals surface area contributed by atoms with Gasteiger partial charge in [0.2, 0.25) is 0 Å². The van der Waals surface area contributed by atoms with E-state index in [2.05, 4.69) is 0 Å². The molecule has 0 aliphatic rings. The largest absolute Gasteiger partial charge is 0.481 e. The molecule has 0 aliphatic carbocycles. The molecule has 0 radical (unpaired) electrons. The zero-order valence-electron chi connectivity index (χ0n) is 13.5. The molecule has 0 unspecified atom stereocenters. The van der Waals surface area contributed by atoms with E-state index in [-0.39, 0.29) is 19.5 Å². The maximum Gasteiger partial charge on any atom is 0.410 e. The van der Waals surface area contributed by atoms with Crippen molar-refractivity contribution in [1.29, 1.82) is 0 Å². The van der Waals surface area contributed by atoms with Crippen LogP contribution in [0.4, 0.5) is 4.79 Å². The summed E-state index contributed by atoms with van der Waals surface area (Å²) < 4.78 is 16.0. The summed E-state index contributed by atoms with van der Waals surface area (Å²) >= 11 is 0. The van der Waals surface area contributed by atoms with Gasteiger partial charge in [-0.2, -0.15) is 0 Å². The van der Waals surface area contributed by atoms with Crippen LogP contribution in [0.3, 0.4) is 0 Å². The third kappa shape index (κ3) is 10.1. The molecule has 1 N–H and O–H groups in total. The van der Waals surface area contributed by atoms with Crippen LogP contribution in [0, 0.1) is 0 Å². The van der Waals surface area contributed by atoms with Crippen LogP contribution in [0.1, 0.15) is 41.0 Å². The van der Waals surface area contributed by atoms with Crippen LogP contribution in [0.15, 0.2) is 0 Å². The summed E-state index contributed by atoms with van der Waals surface area (Å²) in [5.74, 6) is -0.979. The Morgan fingerprint density at radius 3 is 2.05 bits per heavy atom. The number of carbonyl (C=O) groups excluding carboxylic acids is 1. The van der Waals surface area contributed by atoms with Crippen LogP contribution >= 0.6 is 0 Å². The first-order chi connectivity index (χ1) is 9.69. The fourth-order valence-corrected chi connectivity index (χ4v) is 1.52. The van der Waals surface area contributed by atoms with Gasteiger partial charge in [-0.25, -0.2) is 4.79 Å². The summed E-state index contributed by atoms with van der Waals surface area (Å²) in [6, 6.07) is 0. The van der Waals surface area contributed by atoms with E-state index in [1.54, 1.807) is 20.8 Å². The van der Waals surface area contributed by atoms with Crippen molar-refractivity contribution in [3.8, 4) is 0 Å². The smallest absolute Gasteiger partial charge is 0.410 e. The maximum absolute atomic E-state index is 12.1. The molecule has 0 aromatic rings. The van der Waals surface area contributed by atoms with Crippen LogP contribution in [0.5, 0.6) is 0 Å². The highest BCUT2D eigenvalue weighted by molar-refractivity contribution is 5.70. The molecule has 21 heavy (non-hydrogen) atoms. The molecule has 0 saturated heterocycles. The molecule has 0 spiro atoms. The number of aliphatic carboxylic acids is 1. The van der Waals surface area contributed by atoms with Gasteiger partial charge in [0.05, 0.1) is 13.0 Å². The highest BCUT2D eigenvalue weighted by Gasteiger charge is 2.25. The number of rotatable bonds is 9. The van der Waals surface area contributed by atoms with Gasteiger partial charge in [-0.1, -0.05) is 0 Å². The first-order valence-electron chi connectivity index (χ1n) is 7.12. The predicted octanol–water partition coefficient (Wildman–Crippen LogP) is 2.10. The zero-order valence-corrected chi connectivity index (χ0v) is 13.5. The second kappa shape index (κ2) is 9.57. The lowest BCUT2D eigenvalue weighted by Gasteiger charge is -2.29. The minimum absolute atomic E-state index is 0.0426. The number of carbonyl (C=O) groups is 2. The van der Waals surface area contributed by atoms with Crippen molar-refractivity contribution in [3.05, 3.63) is 0 Å². The lowest BCUT2D eigenvalue weighted by molar-refractivity contribution is -0.148. The molecular weight excluding hydrogens is 278 g/mol. The summed E-state index contributed by atoms with van der Waals surface area (Å²) in [6.45, 7) is 9.94. The number of hydrogen-bond acceptors (Lipinski definition) is 5. The first kappa shape index (κ1) is 19.7. The van der Waals surface area contributed by atoms with Crippen molar-refractivity contribution in [3.63, 3.8) is 0 Å². The van der Waals surface area contributed by atoms with Gasteiger partial charge >= 0.3 is 12.1 Å². The standard InChI is InChI=1S/C14H27NO6/c1-6-19-12(20-7-2)10-15(9-8-11(16)17)13(18)21-14(3,4)5/h12H,6-10H2,1-5H3,(H,16,17). The Bertz CT molecular complexity index is 320. The van der Waals surface area contributed by atoms with Crippen LogP contribution in [-0.2, 0) is 19.0 Å². The average molecular weight is 305 g/mol. The van der Waals surface area contributed by atoms with E-state index >= 15 is 0 Å². The Morgan fingerprint density at radius 2 is 1.67 bits per heavy atom. The summed E-state index contributed by atoms with van der Waals surface area (Å²) in [6.07, 6.45) is -1.33. The van der Waals surface area contributed by atoms with E-state index < -0.39 is 24.0 Å². The molecule has 0 aromatic heterocycles. The van der Waals surface area contributed by atoms with E-state index in [4.69, 9.17) is 19.3 Å². The van der Waals surface area contributed by atoms with Crippen LogP contribution in [0.2, 0.25) is 0 Å². The number of nitrogens with zero attached hydrogens (tertiary/aromatic N) is 1. The third-order valence-corrected chi connectivity index (χ3v) is 2.32. The highest BCUT2D eigenvalue weighted by Crippen LogP contribution is 2.11. The van der Waals surface area contributed by atoms with Gasteiger partial charge in [0, 0.05) is 19.8 Å². The summed E-state index contributed by atoms with van der Waals surface area (Å²) in [5, 5.41) is 8.78. The minimum atomic E-state index is -0.979. The van der Waals surface area contributed by atoms with Crippen molar-refractivity contribution in [2.45, 2.75) is 52.9 Å². The number of ether oxygens (including phenoxy) is 3. The monoisotopic (exact) mass is 305 g/mol. The molecule has 0 fully saturated rings. The molecule has 0 aliphatic heterocycles. The van der Waals surface area contributed by atoms with Gasteiger partial charge in [0.1, 0.15) is 5.60 Å². The quantitative estimate of drug-likeness (QED) is 0.657. The molecule has 124 valence electrons. The summed E-state index contributed by atoms with van der Waals surface area (Å²) in [4.78, 5) is 24.1. The van der Waals surface area contributed by atoms with Crippen molar-refractivity contribution in [2.75, 3.05) is 26.3 Å². The van der Waals surface area contributed by atoms with Crippen molar-refractivity contribution < 1.29 is 28.9 Å². The van der Waals surface area contributed by atoms with E-state index in [1.807, 2.05) is 13.8 Å². The first-order valence-corrected chi connectivity index (χ1v) is 7.12. The Kier molecular flexibility index (Phi) is 8.96. The molecule has 0 saturated carbocycles. The molecule has 0 rings (SSSR count). The molecule has 0 aromatic carbocycles. The van der Waals surface area contributed by atoms with Crippen LogP contribution in [-0.4, -0.2) is 60.3 Å². The third-order valence-electron chi connectivity index (χ3n) is 2.32. The molecule has 0 atom stereocenters. The van der Waals surface area contributed by atoms with Crippen molar-refractivity contribution in [2.24, 2.45) is 0 Å². The van der Waals surface area contributed by atoms with Crippen LogP contribution < -0.4 is 0 Å². The van der Waals surface area contributed by atoms with Crippen molar-refractivity contribution >= 4 is 12.1 Å². The van der Waals surface area contributed by atoms with Gasteiger partial charge in [-0.3, -0.25) is 4.79 Å². The SMILES string of the molecule is CCOC(CN(CCC(=O)O)C(=O)OC(C)(C)C)OCC. The lowest BCUT2D eigenvalue weighted by atomic mass is 10.2. The average Bonchev–Trinajstić information content (AvgIpc) is 2.32. The molecule has 1 amide bonds. The Hall–Kier alpha value is -1.34. The highest BCUT2D eigenvalue weighted by atomic mass is 16.7. The fraction of sp³-hybridized carbons (Fsp3) is 0.857. The molecule has 7 nitrogen and oxygen atoms in total. The second-order valence-corrected chi connectivity index (χ2v) is 5.41. The molecule has 0 heterocycles. The minimum Gasteiger partial charge on any atom is -0.481 e. The second-order valence-electron chi connectivity index (χ2n) is 5.41. The fourth-order valence-electron chi connectivity index (χ4n) is 1.52.